The average Bonchev–Trinajstić information content (AvgIpc) is 2.58. The van der Waals surface area contributed by atoms with Crippen LogP contribution < -0.4 is 10.1 Å². The lowest BCUT2D eigenvalue weighted by Crippen LogP contribution is -2.47. The number of rotatable bonds is 5. The van der Waals surface area contributed by atoms with Crippen molar-refractivity contribution in [2.45, 2.75) is 19.0 Å². The summed E-state index contributed by atoms with van der Waals surface area (Å²) in [5.41, 5.74) is -0.835. The molecule has 1 aromatic rings. The van der Waals surface area contributed by atoms with Gasteiger partial charge in [0, 0.05) is 19.7 Å². The maximum Gasteiger partial charge on any atom is 0.419 e. The lowest BCUT2D eigenvalue weighted by Gasteiger charge is -2.31. The highest BCUT2D eigenvalue weighted by atomic mass is 19.4. The number of carbonyl (C=O) groups is 1. The average molecular weight is 346 g/mol. The van der Waals surface area contributed by atoms with Crippen molar-refractivity contribution in [3.05, 3.63) is 29.8 Å². The first-order chi connectivity index (χ1) is 11.4. The summed E-state index contributed by atoms with van der Waals surface area (Å²) in [6.45, 7) is 1.18. The van der Waals surface area contributed by atoms with Gasteiger partial charge in [-0.05, 0) is 30.9 Å². The first-order valence-corrected chi connectivity index (χ1v) is 7.84. The van der Waals surface area contributed by atoms with E-state index in [0.29, 0.717) is 13.1 Å². The van der Waals surface area contributed by atoms with Gasteiger partial charge in [0.1, 0.15) is 12.4 Å². The number of aliphatic hydroxyl groups excluding tert-OH is 1. The number of nitrogens with zero attached hydrogens (tertiary/aromatic N) is 1. The number of hydrogen-bond acceptors (Lipinski definition) is 3. The van der Waals surface area contributed by atoms with Crippen molar-refractivity contribution >= 4 is 6.03 Å². The van der Waals surface area contributed by atoms with Crippen LogP contribution in [0.2, 0.25) is 0 Å². The number of urea groups is 1. The lowest BCUT2D eigenvalue weighted by atomic mass is 9.99. The zero-order valence-electron chi connectivity index (χ0n) is 13.2. The molecule has 1 heterocycles. The van der Waals surface area contributed by atoms with Crippen LogP contribution in [0.1, 0.15) is 18.4 Å². The number of halogens is 3. The van der Waals surface area contributed by atoms with Crippen LogP contribution in [0.15, 0.2) is 24.3 Å². The maximum absolute atomic E-state index is 12.8. The smallest absolute Gasteiger partial charge is 0.419 e. The van der Waals surface area contributed by atoms with Gasteiger partial charge in [0.25, 0.3) is 0 Å². The molecule has 5 nitrogen and oxygen atoms in total. The van der Waals surface area contributed by atoms with Gasteiger partial charge in [-0.15, -0.1) is 0 Å². The first-order valence-electron chi connectivity index (χ1n) is 7.84. The van der Waals surface area contributed by atoms with Crippen LogP contribution >= 0.6 is 0 Å². The molecular formula is C16H21F3N2O3. The number of piperidine rings is 1. The molecule has 1 aliphatic heterocycles. The number of hydrogen-bond donors (Lipinski definition) is 2. The normalized spacial score (nSPS) is 18.3. The van der Waals surface area contributed by atoms with E-state index in [4.69, 9.17) is 9.84 Å². The van der Waals surface area contributed by atoms with Crippen LogP contribution in [0.3, 0.4) is 0 Å². The van der Waals surface area contributed by atoms with Gasteiger partial charge in [0.05, 0.1) is 12.1 Å². The van der Waals surface area contributed by atoms with E-state index in [9.17, 15) is 18.0 Å². The van der Waals surface area contributed by atoms with Crippen LogP contribution in [-0.4, -0.2) is 48.9 Å². The van der Waals surface area contributed by atoms with Crippen LogP contribution in [0, 0.1) is 5.92 Å². The number of amides is 2. The molecule has 24 heavy (non-hydrogen) atoms. The maximum atomic E-state index is 12.8. The van der Waals surface area contributed by atoms with E-state index >= 15 is 0 Å². The Kier molecular flexibility index (Phi) is 6.30. The molecule has 134 valence electrons. The van der Waals surface area contributed by atoms with E-state index in [0.717, 1.165) is 18.9 Å². The largest absolute Gasteiger partial charge is 0.491 e. The Balaban J connectivity index is 1.78. The molecule has 1 atom stereocenters. The van der Waals surface area contributed by atoms with E-state index in [2.05, 4.69) is 5.32 Å². The molecule has 2 amide bonds. The van der Waals surface area contributed by atoms with Gasteiger partial charge in [-0.1, -0.05) is 12.1 Å². The second kappa shape index (κ2) is 8.23. The van der Waals surface area contributed by atoms with Gasteiger partial charge in [-0.3, -0.25) is 0 Å². The molecule has 0 aromatic heterocycles. The molecule has 1 saturated heterocycles. The number of ether oxygens (including phenoxy) is 1. The summed E-state index contributed by atoms with van der Waals surface area (Å²) in [5.74, 6) is -0.169. The molecule has 0 spiro atoms. The highest BCUT2D eigenvalue weighted by molar-refractivity contribution is 5.74. The minimum absolute atomic E-state index is 0.0428. The molecule has 0 saturated carbocycles. The summed E-state index contributed by atoms with van der Waals surface area (Å²) in [7, 11) is 0. The molecule has 0 unspecified atom stereocenters. The fourth-order valence-electron chi connectivity index (χ4n) is 2.66. The first kappa shape index (κ1) is 18.4. The van der Waals surface area contributed by atoms with Gasteiger partial charge in [0.2, 0.25) is 0 Å². The van der Waals surface area contributed by atoms with Crippen molar-refractivity contribution in [3.63, 3.8) is 0 Å². The van der Waals surface area contributed by atoms with Crippen LogP contribution in [0.25, 0.3) is 0 Å². The molecule has 1 aliphatic rings. The predicted octanol–water partition coefficient (Wildman–Crippen LogP) is 2.50. The second-order valence-electron chi connectivity index (χ2n) is 5.71. The third-order valence-electron chi connectivity index (χ3n) is 3.89. The fraction of sp³-hybridized carbons (Fsp3) is 0.562. The Bertz CT molecular complexity index is 552. The Hall–Kier alpha value is -1.96. The minimum Gasteiger partial charge on any atom is -0.491 e. The molecule has 8 heteroatoms. The van der Waals surface area contributed by atoms with E-state index in [1.54, 1.807) is 4.90 Å². The molecule has 2 N–H and O–H groups in total. The van der Waals surface area contributed by atoms with Crippen molar-refractivity contribution in [1.82, 2.24) is 10.2 Å². The standard InChI is InChI=1S/C16H21F3N2O3/c17-16(18,19)13-5-1-2-6-14(13)24-9-7-20-15(23)21-8-3-4-12(10-21)11-22/h1-2,5-6,12,22H,3-4,7-11H2,(H,20,23)/t12-/m1/s1. The third-order valence-corrected chi connectivity index (χ3v) is 3.89. The number of para-hydroxylation sites is 1. The lowest BCUT2D eigenvalue weighted by molar-refractivity contribution is -0.138. The van der Waals surface area contributed by atoms with E-state index in [-0.39, 0.29) is 37.5 Å². The van der Waals surface area contributed by atoms with Crippen LogP contribution in [-0.2, 0) is 6.18 Å². The van der Waals surface area contributed by atoms with Crippen molar-refractivity contribution in [2.24, 2.45) is 5.92 Å². The van der Waals surface area contributed by atoms with Crippen LogP contribution in [0.4, 0.5) is 18.0 Å². The Morgan fingerprint density at radius 3 is 2.83 bits per heavy atom. The van der Waals surface area contributed by atoms with Crippen molar-refractivity contribution in [3.8, 4) is 5.75 Å². The van der Waals surface area contributed by atoms with Gasteiger partial charge in [-0.25, -0.2) is 4.79 Å². The predicted molar refractivity (Wildman–Crippen MR) is 81.7 cm³/mol. The minimum atomic E-state index is -4.48. The molecule has 0 bridgehead atoms. The highest BCUT2D eigenvalue weighted by Gasteiger charge is 2.34. The second-order valence-corrected chi connectivity index (χ2v) is 5.71. The number of carbonyl (C=O) groups excluding carboxylic acids is 1. The summed E-state index contributed by atoms with van der Waals surface area (Å²) < 4.78 is 43.6. The van der Waals surface area contributed by atoms with Crippen molar-refractivity contribution in [2.75, 3.05) is 32.8 Å². The van der Waals surface area contributed by atoms with Crippen molar-refractivity contribution < 1.29 is 27.8 Å². The quantitative estimate of drug-likeness (QED) is 0.806. The van der Waals surface area contributed by atoms with Gasteiger partial charge >= 0.3 is 12.2 Å². The van der Waals surface area contributed by atoms with Gasteiger partial charge in [-0.2, -0.15) is 13.2 Å². The molecule has 0 aliphatic carbocycles. The Morgan fingerprint density at radius 2 is 2.12 bits per heavy atom. The van der Waals surface area contributed by atoms with E-state index < -0.39 is 11.7 Å². The topological polar surface area (TPSA) is 61.8 Å². The molecule has 1 fully saturated rings. The third kappa shape index (κ3) is 5.02. The zero-order chi connectivity index (χ0) is 17.6. The summed E-state index contributed by atoms with van der Waals surface area (Å²) in [6, 6.07) is 4.68. The summed E-state index contributed by atoms with van der Waals surface area (Å²) in [4.78, 5) is 13.6. The zero-order valence-corrected chi connectivity index (χ0v) is 13.2. The monoisotopic (exact) mass is 346 g/mol. The Labute approximate surface area is 138 Å². The van der Waals surface area contributed by atoms with E-state index in [1.165, 1.54) is 18.2 Å². The molecular weight excluding hydrogens is 325 g/mol. The summed E-state index contributed by atoms with van der Waals surface area (Å²) >= 11 is 0. The number of aliphatic hydroxyl groups is 1. The van der Waals surface area contributed by atoms with Crippen LogP contribution in [0.5, 0.6) is 5.75 Å². The molecule has 1 aromatic carbocycles. The highest BCUT2D eigenvalue weighted by Crippen LogP contribution is 2.35. The van der Waals surface area contributed by atoms with Gasteiger partial charge in [0.15, 0.2) is 0 Å². The Morgan fingerprint density at radius 1 is 1.38 bits per heavy atom. The fourth-order valence-corrected chi connectivity index (χ4v) is 2.66. The summed E-state index contributed by atoms with van der Waals surface area (Å²) in [6.07, 6.45) is -2.77. The number of benzene rings is 1. The number of nitrogens with one attached hydrogen (secondary N) is 1. The van der Waals surface area contributed by atoms with Gasteiger partial charge < -0.3 is 20.1 Å². The SMILES string of the molecule is O=C(NCCOc1ccccc1C(F)(F)F)N1CCC[C@@H](CO)C1. The number of alkyl halides is 3. The van der Waals surface area contributed by atoms with Crippen molar-refractivity contribution in [1.29, 1.82) is 0 Å². The molecule has 2 rings (SSSR count). The number of likely N-dealkylation sites (tertiary alicyclic amines) is 1. The van der Waals surface area contributed by atoms with E-state index in [1.807, 2.05) is 0 Å². The summed E-state index contributed by atoms with van der Waals surface area (Å²) in [5, 5.41) is 11.8. The molecule has 0 radical (unpaired) electrons.